The van der Waals surface area contributed by atoms with Crippen molar-refractivity contribution in [2.24, 2.45) is 5.92 Å². The smallest absolute Gasteiger partial charge is 0.147 e. The molecule has 7 rings (SSSR count). The van der Waals surface area contributed by atoms with Crippen LogP contribution < -0.4 is 0 Å². The predicted octanol–water partition coefficient (Wildman–Crippen LogP) is 7.66. The quantitative estimate of drug-likeness (QED) is 0.239. The number of allylic oxidation sites excluding steroid dienone is 4. The molecule has 6 aromatic rings. The molecule has 0 bridgehead atoms. The fourth-order valence-electron chi connectivity index (χ4n) is 5.29. The molecular formula is C34H28N6. The van der Waals surface area contributed by atoms with Crippen LogP contribution in [0.1, 0.15) is 30.3 Å². The molecule has 0 N–H and O–H groups in total. The van der Waals surface area contributed by atoms with E-state index in [9.17, 15) is 0 Å². The first-order chi connectivity index (χ1) is 19.5. The van der Waals surface area contributed by atoms with Gasteiger partial charge in [0.25, 0.3) is 0 Å². The summed E-state index contributed by atoms with van der Waals surface area (Å²) in [6.07, 6.45) is 11.7. The van der Waals surface area contributed by atoms with Gasteiger partial charge in [0.2, 0.25) is 0 Å². The van der Waals surface area contributed by atoms with Gasteiger partial charge in [-0.3, -0.25) is 4.98 Å². The second-order valence-electron chi connectivity index (χ2n) is 10.5. The highest BCUT2D eigenvalue weighted by Gasteiger charge is 2.18. The lowest BCUT2D eigenvalue weighted by Gasteiger charge is -2.11. The fourth-order valence-corrected chi connectivity index (χ4v) is 5.29. The number of nitrogens with zero attached hydrogens (tertiary/aromatic N) is 6. The van der Waals surface area contributed by atoms with Crippen molar-refractivity contribution in [3.63, 3.8) is 0 Å². The number of aromatic nitrogens is 6. The topological polar surface area (TPSA) is 68.9 Å². The van der Waals surface area contributed by atoms with E-state index in [4.69, 9.17) is 19.9 Å². The molecule has 194 valence electrons. The number of fused-ring (bicyclic) bond motifs is 2. The zero-order valence-electron chi connectivity index (χ0n) is 22.7. The number of rotatable bonds is 4. The lowest BCUT2D eigenvalue weighted by atomic mass is 9.97. The zero-order chi connectivity index (χ0) is 27.2. The molecule has 1 atom stereocenters. The van der Waals surface area contributed by atoms with Gasteiger partial charge >= 0.3 is 0 Å². The van der Waals surface area contributed by atoms with Gasteiger partial charge in [0, 0.05) is 23.7 Å². The SMILES string of the molecule is Cc1ccc2nc(-c3ccccn3)c(-c3cccc(-c4ccc(C)n5cc(C6=CC(C)CC=C6)nc45)n3)nc2c1. The molecule has 0 radical (unpaired) electrons. The minimum atomic E-state index is 0.504. The van der Waals surface area contributed by atoms with Crippen molar-refractivity contribution in [1.29, 1.82) is 0 Å². The minimum Gasteiger partial charge on any atom is -0.303 e. The normalized spacial score (nSPS) is 15.1. The van der Waals surface area contributed by atoms with Gasteiger partial charge in [-0.05, 0) is 85.9 Å². The average Bonchev–Trinajstić information content (AvgIpc) is 3.44. The Balaban J connectivity index is 1.40. The lowest BCUT2D eigenvalue weighted by Crippen LogP contribution is -2.00. The van der Waals surface area contributed by atoms with E-state index < -0.39 is 0 Å². The van der Waals surface area contributed by atoms with E-state index in [0.717, 1.165) is 68.3 Å². The predicted molar refractivity (Wildman–Crippen MR) is 161 cm³/mol. The van der Waals surface area contributed by atoms with E-state index in [1.807, 2.05) is 42.5 Å². The molecule has 6 heteroatoms. The number of benzene rings is 1. The molecule has 0 spiro atoms. The maximum atomic E-state index is 5.13. The Morgan fingerprint density at radius 1 is 0.750 bits per heavy atom. The molecule has 0 amide bonds. The summed E-state index contributed by atoms with van der Waals surface area (Å²) < 4.78 is 2.16. The van der Waals surface area contributed by atoms with Crippen LogP contribution in [-0.2, 0) is 0 Å². The van der Waals surface area contributed by atoms with Crippen molar-refractivity contribution >= 4 is 22.3 Å². The first-order valence-electron chi connectivity index (χ1n) is 13.6. The number of imidazole rings is 1. The molecule has 0 saturated carbocycles. The van der Waals surface area contributed by atoms with Crippen molar-refractivity contribution in [2.75, 3.05) is 0 Å². The first-order valence-corrected chi connectivity index (χ1v) is 13.6. The van der Waals surface area contributed by atoms with E-state index in [1.54, 1.807) is 6.20 Å². The monoisotopic (exact) mass is 520 g/mol. The summed E-state index contributed by atoms with van der Waals surface area (Å²) in [7, 11) is 0. The number of hydrogen-bond donors (Lipinski definition) is 0. The van der Waals surface area contributed by atoms with Gasteiger partial charge in [0.15, 0.2) is 0 Å². The van der Waals surface area contributed by atoms with Crippen LogP contribution in [0, 0.1) is 19.8 Å². The summed E-state index contributed by atoms with van der Waals surface area (Å²) in [6.45, 7) is 6.40. The molecule has 5 heterocycles. The lowest BCUT2D eigenvalue weighted by molar-refractivity contribution is 0.739. The van der Waals surface area contributed by atoms with E-state index in [2.05, 4.69) is 78.8 Å². The summed E-state index contributed by atoms with van der Waals surface area (Å²) in [5, 5.41) is 0. The van der Waals surface area contributed by atoms with Crippen molar-refractivity contribution in [3.05, 3.63) is 114 Å². The second-order valence-corrected chi connectivity index (χ2v) is 10.5. The van der Waals surface area contributed by atoms with Gasteiger partial charge in [-0.1, -0.05) is 43.4 Å². The van der Waals surface area contributed by atoms with E-state index in [-0.39, 0.29) is 0 Å². The van der Waals surface area contributed by atoms with Crippen LogP contribution in [0.2, 0.25) is 0 Å². The maximum Gasteiger partial charge on any atom is 0.147 e. The summed E-state index contributed by atoms with van der Waals surface area (Å²) in [5.41, 5.74) is 11.7. The Hall–Kier alpha value is -4.97. The third-order valence-corrected chi connectivity index (χ3v) is 7.38. The van der Waals surface area contributed by atoms with Crippen LogP contribution in [-0.4, -0.2) is 29.3 Å². The highest BCUT2D eigenvalue weighted by atomic mass is 15.0. The third kappa shape index (κ3) is 4.28. The molecule has 40 heavy (non-hydrogen) atoms. The van der Waals surface area contributed by atoms with Gasteiger partial charge in [-0.25, -0.2) is 19.9 Å². The number of hydrogen-bond acceptors (Lipinski definition) is 5. The number of pyridine rings is 3. The van der Waals surface area contributed by atoms with Crippen LogP contribution >= 0.6 is 0 Å². The Kier molecular flexibility index (Phi) is 5.81. The Labute approximate surface area is 232 Å². The minimum absolute atomic E-state index is 0.504. The molecule has 1 unspecified atom stereocenters. The third-order valence-electron chi connectivity index (χ3n) is 7.38. The molecular weight excluding hydrogens is 492 g/mol. The maximum absolute atomic E-state index is 5.13. The summed E-state index contributed by atoms with van der Waals surface area (Å²) in [4.78, 5) is 24.9. The van der Waals surface area contributed by atoms with E-state index in [0.29, 0.717) is 17.3 Å². The van der Waals surface area contributed by atoms with Crippen LogP contribution in [0.3, 0.4) is 0 Å². The molecule has 6 nitrogen and oxygen atoms in total. The van der Waals surface area contributed by atoms with E-state index in [1.165, 1.54) is 0 Å². The van der Waals surface area contributed by atoms with Crippen molar-refractivity contribution in [2.45, 2.75) is 27.2 Å². The van der Waals surface area contributed by atoms with E-state index >= 15 is 0 Å². The van der Waals surface area contributed by atoms with Gasteiger partial charge in [0.05, 0.1) is 33.8 Å². The molecule has 0 fully saturated rings. The van der Waals surface area contributed by atoms with Crippen molar-refractivity contribution in [3.8, 4) is 34.0 Å². The highest BCUT2D eigenvalue weighted by Crippen LogP contribution is 2.33. The largest absolute Gasteiger partial charge is 0.303 e. The average molecular weight is 521 g/mol. The summed E-state index contributed by atoms with van der Waals surface area (Å²) in [5.74, 6) is 0.504. The Morgan fingerprint density at radius 3 is 2.42 bits per heavy atom. The van der Waals surface area contributed by atoms with Crippen LogP contribution in [0.5, 0.6) is 0 Å². The van der Waals surface area contributed by atoms with Gasteiger partial charge in [-0.15, -0.1) is 0 Å². The van der Waals surface area contributed by atoms with Crippen LogP contribution in [0.4, 0.5) is 0 Å². The molecule has 1 aromatic carbocycles. The summed E-state index contributed by atoms with van der Waals surface area (Å²) >= 11 is 0. The molecule has 0 saturated heterocycles. The summed E-state index contributed by atoms with van der Waals surface area (Å²) in [6, 6.07) is 22.2. The highest BCUT2D eigenvalue weighted by molar-refractivity contribution is 5.86. The Morgan fingerprint density at radius 2 is 1.57 bits per heavy atom. The number of aryl methyl sites for hydroxylation is 2. The Bertz CT molecular complexity index is 1970. The zero-order valence-corrected chi connectivity index (χ0v) is 22.7. The first kappa shape index (κ1) is 24.1. The van der Waals surface area contributed by atoms with Crippen molar-refractivity contribution in [1.82, 2.24) is 29.3 Å². The van der Waals surface area contributed by atoms with Gasteiger partial charge in [0.1, 0.15) is 17.0 Å². The van der Waals surface area contributed by atoms with Crippen molar-refractivity contribution < 1.29 is 0 Å². The van der Waals surface area contributed by atoms with Crippen LogP contribution in [0.15, 0.2) is 97.4 Å². The molecule has 1 aliphatic rings. The second kappa shape index (κ2) is 9.65. The van der Waals surface area contributed by atoms with Crippen LogP contribution in [0.25, 0.3) is 56.3 Å². The van der Waals surface area contributed by atoms with Gasteiger partial charge < -0.3 is 4.40 Å². The van der Waals surface area contributed by atoms with Gasteiger partial charge in [-0.2, -0.15) is 0 Å². The molecule has 1 aliphatic carbocycles. The molecule has 0 aliphatic heterocycles. The fraction of sp³-hybridized carbons (Fsp3) is 0.147. The molecule has 5 aromatic heterocycles. The standard InChI is InChI=1S/C34H28N6/c1-21-8-6-9-24(18-21)31-20-40-23(3)14-15-25(34(40)39-31)26-11-7-12-29(36-26)33-32(28-10-4-5-17-35-28)37-27-16-13-22(2)19-30(27)38-33/h4-7,9-21H,8H2,1-3H3.